The van der Waals surface area contributed by atoms with Crippen molar-refractivity contribution in [1.82, 2.24) is 9.78 Å². The van der Waals surface area contributed by atoms with Crippen LogP contribution in [0, 0.1) is 0 Å². The molecule has 1 aromatic rings. The Labute approximate surface area is 105 Å². The van der Waals surface area contributed by atoms with Crippen LogP contribution in [0.1, 0.15) is 57.5 Å². The zero-order chi connectivity index (χ0) is 12.8. The topological polar surface area (TPSA) is 43.8 Å². The fourth-order valence-electron chi connectivity index (χ4n) is 2.32. The van der Waals surface area contributed by atoms with Crippen LogP contribution in [0.4, 0.5) is 0 Å². The van der Waals surface area contributed by atoms with E-state index in [-0.39, 0.29) is 6.04 Å². The molecule has 1 atom stereocenters. The lowest BCUT2D eigenvalue weighted by Gasteiger charge is -2.09. The van der Waals surface area contributed by atoms with Crippen molar-refractivity contribution in [3.05, 3.63) is 17.0 Å². The van der Waals surface area contributed by atoms with Gasteiger partial charge in [0.2, 0.25) is 0 Å². The quantitative estimate of drug-likeness (QED) is 0.792. The van der Waals surface area contributed by atoms with E-state index < -0.39 is 0 Å². The zero-order valence-electron chi connectivity index (χ0n) is 11.8. The lowest BCUT2D eigenvalue weighted by atomic mass is 10.0. The third-order valence-corrected chi connectivity index (χ3v) is 3.17. The predicted octanol–water partition coefficient (Wildman–Crippen LogP) is 2.70. The van der Waals surface area contributed by atoms with E-state index in [4.69, 9.17) is 10.8 Å². The minimum atomic E-state index is 0.217. The van der Waals surface area contributed by atoms with Gasteiger partial charge in [0, 0.05) is 18.3 Å². The predicted molar refractivity (Wildman–Crippen MR) is 73.2 cm³/mol. The second-order valence-corrected chi connectivity index (χ2v) is 4.84. The van der Waals surface area contributed by atoms with Crippen molar-refractivity contribution in [1.29, 1.82) is 0 Å². The van der Waals surface area contributed by atoms with E-state index in [1.165, 1.54) is 29.8 Å². The molecule has 2 N–H and O–H groups in total. The molecule has 0 radical (unpaired) electrons. The Morgan fingerprint density at radius 2 is 1.94 bits per heavy atom. The van der Waals surface area contributed by atoms with Gasteiger partial charge in [-0.05, 0) is 38.2 Å². The standard InChI is InChI=1S/C14H27N3/c1-5-8-9-17-14(7-3)12(10-11(4)15)13(6-2)16-17/h11H,5-10,15H2,1-4H3. The number of nitrogens with zero attached hydrogens (tertiary/aromatic N) is 2. The maximum Gasteiger partial charge on any atom is 0.0657 e. The summed E-state index contributed by atoms with van der Waals surface area (Å²) >= 11 is 0. The molecule has 0 saturated heterocycles. The van der Waals surface area contributed by atoms with Gasteiger partial charge >= 0.3 is 0 Å². The summed E-state index contributed by atoms with van der Waals surface area (Å²) in [5, 5.41) is 4.75. The number of aromatic nitrogens is 2. The van der Waals surface area contributed by atoms with Crippen molar-refractivity contribution in [2.24, 2.45) is 5.73 Å². The van der Waals surface area contributed by atoms with Crippen LogP contribution in [0.15, 0.2) is 0 Å². The SMILES string of the molecule is CCCCn1nc(CC)c(CC(C)N)c1CC. The highest BCUT2D eigenvalue weighted by Gasteiger charge is 2.15. The molecule has 3 heteroatoms. The number of aryl methyl sites for hydroxylation is 2. The minimum Gasteiger partial charge on any atom is -0.328 e. The lowest BCUT2D eigenvalue weighted by Crippen LogP contribution is -2.19. The van der Waals surface area contributed by atoms with Gasteiger partial charge in [0.1, 0.15) is 0 Å². The van der Waals surface area contributed by atoms with E-state index in [2.05, 4.69) is 32.4 Å². The molecule has 0 aromatic carbocycles. The number of unbranched alkanes of at least 4 members (excludes halogenated alkanes) is 1. The second kappa shape index (κ2) is 6.80. The van der Waals surface area contributed by atoms with Crippen molar-refractivity contribution in [3.63, 3.8) is 0 Å². The average molecular weight is 237 g/mol. The second-order valence-electron chi connectivity index (χ2n) is 4.84. The van der Waals surface area contributed by atoms with Crippen LogP contribution in [0.25, 0.3) is 0 Å². The summed E-state index contributed by atoms with van der Waals surface area (Å²) < 4.78 is 2.21. The first-order chi connectivity index (χ1) is 8.13. The molecule has 98 valence electrons. The van der Waals surface area contributed by atoms with Crippen LogP contribution < -0.4 is 5.73 Å². The number of hydrogen-bond donors (Lipinski definition) is 1. The third-order valence-electron chi connectivity index (χ3n) is 3.17. The summed E-state index contributed by atoms with van der Waals surface area (Å²) in [6.07, 6.45) is 5.44. The van der Waals surface area contributed by atoms with E-state index >= 15 is 0 Å². The van der Waals surface area contributed by atoms with E-state index in [1.54, 1.807) is 0 Å². The van der Waals surface area contributed by atoms with Gasteiger partial charge in [-0.25, -0.2) is 0 Å². The maximum absolute atomic E-state index is 5.94. The Morgan fingerprint density at radius 3 is 2.41 bits per heavy atom. The van der Waals surface area contributed by atoms with Crippen LogP contribution in [0.2, 0.25) is 0 Å². The number of nitrogens with two attached hydrogens (primary N) is 1. The van der Waals surface area contributed by atoms with Crippen molar-refractivity contribution < 1.29 is 0 Å². The van der Waals surface area contributed by atoms with E-state index in [1.807, 2.05) is 0 Å². The van der Waals surface area contributed by atoms with E-state index in [0.717, 1.165) is 25.8 Å². The largest absolute Gasteiger partial charge is 0.328 e. The fourth-order valence-corrected chi connectivity index (χ4v) is 2.32. The molecule has 3 nitrogen and oxygen atoms in total. The van der Waals surface area contributed by atoms with Crippen LogP contribution in [-0.2, 0) is 25.8 Å². The molecule has 0 aliphatic heterocycles. The molecule has 0 fully saturated rings. The van der Waals surface area contributed by atoms with Gasteiger partial charge in [0.25, 0.3) is 0 Å². The van der Waals surface area contributed by atoms with Crippen molar-refractivity contribution in [2.75, 3.05) is 0 Å². The molecule has 1 aromatic heterocycles. The number of hydrogen-bond acceptors (Lipinski definition) is 2. The fraction of sp³-hybridized carbons (Fsp3) is 0.786. The highest BCUT2D eigenvalue weighted by molar-refractivity contribution is 5.27. The Bertz CT molecular complexity index is 339. The summed E-state index contributed by atoms with van der Waals surface area (Å²) in [5.41, 5.74) is 9.99. The normalized spacial score (nSPS) is 13.0. The van der Waals surface area contributed by atoms with Gasteiger partial charge in [-0.2, -0.15) is 5.10 Å². The zero-order valence-corrected chi connectivity index (χ0v) is 11.8. The average Bonchev–Trinajstić information content (AvgIpc) is 2.62. The van der Waals surface area contributed by atoms with Crippen LogP contribution >= 0.6 is 0 Å². The first kappa shape index (κ1) is 14.2. The van der Waals surface area contributed by atoms with Gasteiger partial charge in [0.15, 0.2) is 0 Å². The van der Waals surface area contributed by atoms with E-state index in [9.17, 15) is 0 Å². The smallest absolute Gasteiger partial charge is 0.0657 e. The highest BCUT2D eigenvalue weighted by Crippen LogP contribution is 2.18. The summed E-state index contributed by atoms with van der Waals surface area (Å²) in [7, 11) is 0. The van der Waals surface area contributed by atoms with Crippen LogP contribution in [-0.4, -0.2) is 15.8 Å². The Hall–Kier alpha value is -0.830. The molecule has 0 aliphatic carbocycles. The van der Waals surface area contributed by atoms with Gasteiger partial charge < -0.3 is 5.73 Å². The maximum atomic E-state index is 5.94. The van der Waals surface area contributed by atoms with Gasteiger partial charge in [-0.3, -0.25) is 4.68 Å². The molecule has 0 amide bonds. The number of rotatable bonds is 7. The lowest BCUT2D eigenvalue weighted by molar-refractivity contribution is 0.545. The van der Waals surface area contributed by atoms with Gasteiger partial charge in [-0.15, -0.1) is 0 Å². The van der Waals surface area contributed by atoms with E-state index in [0.29, 0.717) is 0 Å². The van der Waals surface area contributed by atoms with Crippen molar-refractivity contribution >= 4 is 0 Å². The molecular formula is C14H27N3. The van der Waals surface area contributed by atoms with Crippen molar-refractivity contribution in [3.8, 4) is 0 Å². The van der Waals surface area contributed by atoms with Crippen molar-refractivity contribution in [2.45, 2.75) is 72.4 Å². The monoisotopic (exact) mass is 237 g/mol. The summed E-state index contributed by atoms with van der Waals surface area (Å²) in [4.78, 5) is 0. The Balaban J connectivity index is 3.02. The summed E-state index contributed by atoms with van der Waals surface area (Å²) in [6.45, 7) is 9.73. The summed E-state index contributed by atoms with van der Waals surface area (Å²) in [5.74, 6) is 0. The van der Waals surface area contributed by atoms with Gasteiger partial charge in [0.05, 0.1) is 5.69 Å². The third kappa shape index (κ3) is 3.56. The Morgan fingerprint density at radius 1 is 1.24 bits per heavy atom. The first-order valence-electron chi connectivity index (χ1n) is 6.96. The van der Waals surface area contributed by atoms with Gasteiger partial charge in [-0.1, -0.05) is 27.2 Å². The van der Waals surface area contributed by atoms with Crippen LogP contribution in [0.5, 0.6) is 0 Å². The van der Waals surface area contributed by atoms with Crippen LogP contribution in [0.3, 0.4) is 0 Å². The highest BCUT2D eigenvalue weighted by atomic mass is 15.3. The molecule has 1 heterocycles. The molecule has 0 aliphatic rings. The molecule has 0 saturated carbocycles. The molecule has 1 rings (SSSR count). The Kier molecular flexibility index (Phi) is 5.69. The summed E-state index contributed by atoms with van der Waals surface area (Å²) in [6, 6.07) is 0.217. The molecule has 17 heavy (non-hydrogen) atoms. The first-order valence-corrected chi connectivity index (χ1v) is 6.96. The molecule has 1 unspecified atom stereocenters. The minimum absolute atomic E-state index is 0.217. The molecular weight excluding hydrogens is 210 g/mol. The molecule has 0 spiro atoms. The molecule has 0 bridgehead atoms.